The quantitative estimate of drug-likeness (QED) is 0.101. The summed E-state index contributed by atoms with van der Waals surface area (Å²) >= 11 is 0. The molecular formula is C36H50N4O14. The molecular weight excluding hydrogens is 712 g/mol. The summed E-state index contributed by atoms with van der Waals surface area (Å²) in [6.45, 7) is 19.2. The van der Waals surface area contributed by atoms with Crippen LogP contribution in [0.4, 0.5) is 41.9 Å². The van der Waals surface area contributed by atoms with Gasteiger partial charge in [0, 0.05) is 6.07 Å². The molecule has 0 spiro atoms. The van der Waals surface area contributed by atoms with Crippen LogP contribution in [0.15, 0.2) is 36.4 Å². The standard InChI is InChI=1S/C18H24N2O8.C18H26N2O6/c1-17(2,3)27-15(22)19(16(23)28-18(4,5)6)13-11(14(21)26-7)9-8-10-12(13)20(24)25;1-17(2,3)25-15(22)20(16(23)26-18(4,5)6)13-11(14(21)24-7)9-8-10-12(13)19/h8-10H,1-7H3;8-10H,19H2,1-7H3. The van der Waals surface area contributed by atoms with Crippen molar-refractivity contribution in [2.75, 3.05) is 29.8 Å². The van der Waals surface area contributed by atoms with E-state index >= 15 is 0 Å². The van der Waals surface area contributed by atoms with Gasteiger partial charge in [-0.3, -0.25) is 10.1 Å². The number of anilines is 3. The number of methoxy groups -OCH3 is 2. The maximum Gasteiger partial charge on any atom is 0.424 e. The van der Waals surface area contributed by atoms with E-state index in [9.17, 15) is 38.9 Å². The summed E-state index contributed by atoms with van der Waals surface area (Å²) in [5.41, 5.74) is 0.318. The van der Waals surface area contributed by atoms with Crippen molar-refractivity contribution >= 4 is 59.1 Å². The number of para-hydroxylation sites is 2. The van der Waals surface area contributed by atoms with Crippen LogP contribution < -0.4 is 15.5 Å². The smallest absolute Gasteiger partial charge is 0.424 e. The number of nitro groups is 1. The molecule has 18 heteroatoms. The summed E-state index contributed by atoms with van der Waals surface area (Å²) in [5, 5.41) is 11.5. The lowest BCUT2D eigenvalue weighted by Crippen LogP contribution is -2.44. The molecule has 0 aliphatic rings. The van der Waals surface area contributed by atoms with Gasteiger partial charge in [-0.1, -0.05) is 12.1 Å². The lowest BCUT2D eigenvalue weighted by atomic mass is 10.1. The van der Waals surface area contributed by atoms with Gasteiger partial charge in [0.2, 0.25) is 0 Å². The third-order valence-corrected chi connectivity index (χ3v) is 5.84. The second kappa shape index (κ2) is 17.7. The van der Waals surface area contributed by atoms with Gasteiger partial charge in [0.1, 0.15) is 22.4 Å². The normalized spacial score (nSPS) is 11.4. The molecule has 18 nitrogen and oxygen atoms in total. The minimum atomic E-state index is -1.23. The number of nitrogen functional groups attached to an aromatic ring is 1. The number of nitrogens with zero attached hydrogens (tertiary/aromatic N) is 3. The van der Waals surface area contributed by atoms with E-state index in [-0.39, 0.29) is 22.5 Å². The SMILES string of the molecule is COC(=O)c1cccc(N)c1N(C(=O)OC(C)(C)C)C(=O)OC(C)(C)C.COC(=O)c1cccc([N+](=O)[O-])c1N(C(=O)OC(C)(C)C)C(=O)OC(C)(C)C. The Morgan fingerprint density at radius 1 is 0.556 bits per heavy atom. The van der Waals surface area contributed by atoms with Crippen LogP contribution in [-0.2, 0) is 28.4 Å². The van der Waals surface area contributed by atoms with Gasteiger partial charge in [-0.25, -0.2) is 28.8 Å². The number of imide groups is 2. The Kier molecular flexibility index (Phi) is 15.1. The zero-order valence-corrected chi connectivity index (χ0v) is 33.1. The first kappa shape index (κ1) is 46.1. The fourth-order valence-electron chi connectivity index (χ4n) is 4.02. The topological polar surface area (TPSA) is 233 Å². The third-order valence-electron chi connectivity index (χ3n) is 5.84. The fourth-order valence-corrected chi connectivity index (χ4v) is 4.02. The average molecular weight is 763 g/mol. The molecule has 2 aromatic rings. The predicted molar refractivity (Wildman–Crippen MR) is 197 cm³/mol. The van der Waals surface area contributed by atoms with Gasteiger partial charge in [-0.2, -0.15) is 9.80 Å². The third kappa shape index (κ3) is 13.9. The average Bonchev–Trinajstić information content (AvgIpc) is 2.98. The van der Waals surface area contributed by atoms with Crippen LogP contribution in [0.1, 0.15) is 104 Å². The molecule has 0 radical (unpaired) electrons. The van der Waals surface area contributed by atoms with E-state index in [1.807, 2.05) is 0 Å². The zero-order chi connectivity index (χ0) is 42.1. The van der Waals surface area contributed by atoms with E-state index in [0.717, 1.165) is 13.2 Å². The molecule has 0 aromatic heterocycles. The summed E-state index contributed by atoms with van der Waals surface area (Å²) in [6, 6.07) is 7.81. The Bertz CT molecular complexity index is 1690. The highest BCUT2D eigenvalue weighted by molar-refractivity contribution is 6.16. The molecule has 298 valence electrons. The van der Waals surface area contributed by atoms with E-state index in [1.54, 1.807) is 83.1 Å². The number of ether oxygens (including phenoxy) is 6. The minimum absolute atomic E-state index is 0.0182. The molecule has 2 rings (SSSR count). The molecule has 0 aliphatic carbocycles. The van der Waals surface area contributed by atoms with Crippen molar-refractivity contribution in [2.24, 2.45) is 0 Å². The van der Waals surface area contributed by atoms with Crippen LogP contribution in [0.5, 0.6) is 0 Å². The molecule has 0 fully saturated rings. The van der Waals surface area contributed by atoms with Crippen molar-refractivity contribution in [3.8, 4) is 0 Å². The van der Waals surface area contributed by atoms with Gasteiger partial charge in [0.25, 0.3) is 5.69 Å². The number of nitro benzene ring substituents is 1. The van der Waals surface area contributed by atoms with Gasteiger partial charge in [-0.15, -0.1) is 0 Å². The largest absolute Gasteiger partial charge is 0.465 e. The van der Waals surface area contributed by atoms with E-state index in [0.29, 0.717) is 9.80 Å². The minimum Gasteiger partial charge on any atom is -0.465 e. The summed E-state index contributed by atoms with van der Waals surface area (Å²) < 4.78 is 30.3. The first-order valence-electron chi connectivity index (χ1n) is 16.3. The first-order chi connectivity index (χ1) is 24.4. The molecule has 4 amide bonds. The van der Waals surface area contributed by atoms with Crippen LogP contribution in [0.2, 0.25) is 0 Å². The predicted octanol–water partition coefficient (Wildman–Crippen LogP) is 7.79. The summed E-state index contributed by atoms with van der Waals surface area (Å²) in [5.74, 6) is -1.74. The van der Waals surface area contributed by atoms with Crippen molar-refractivity contribution in [1.29, 1.82) is 0 Å². The number of benzene rings is 2. The fraction of sp³-hybridized carbons (Fsp3) is 0.500. The van der Waals surface area contributed by atoms with Gasteiger partial charge < -0.3 is 34.2 Å². The lowest BCUT2D eigenvalue weighted by Gasteiger charge is -2.29. The molecule has 0 heterocycles. The Hall–Kier alpha value is -5.94. The Morgan fingerprint density at radius 3 is 1.15 bits per heavy atom. The number of esters is 2. The molecule has 2 N–H and O–H groups in total. The molecule has 0 atom stereocenters. The number of hydrogen-bond donors (Lipinski definition) is 1. The monoisotopic (exact) mass is 762 g/mol. The first-order valence-corrected chi connectivity index (χ1v) is 16.3. The second-order valence-corrected chi connectivity index (χ2v) is 15.2. The van der Waals surface area contributed by atoms with Crippen LogP contribution in [0.25, 0.3) is 0 Å². The molecule has 2 aromatic carbocycles. The molecule has 0 bridgehead atoms. The van der Waals surface area contributed by atoms with Crippen LogP contribution in [-0.4, -0.2) is 77.9 Å². The highest BCUT2D eigenvalue weighted by Gasteiger charge is 2.40. The van der Waals surface area contributed by atoms with Crippen LogP contribution in [0.3, 0.4) is 0 Å². The number of hydrogen-bond acceptors (Lipinski definition) is 15. The van der Waals surface area contributed by atoms with E-state index in [4.69, 9.17) is 29.4 Å². The Labute approximate surface area is 313 Å². The lowest BCUT2D eigenvalue weighted by molar-refractivity contribution is -0.384. The maximum absolute atomic E-state index is 12.8. The van der Waals surface area contributed by atoms with Crippen molar-refractivity contribution in [2.45, 2.75) is 105 Å². The second-order valence-electron chi connectivity index (χ2n) is 15.2. The zero-order valence-electron chi connectivity index (χ0n) is 33.1. The highest BCUT2D eigenvalue weighted by atomic mass is 16.6. The number of nitrogens with two attached hydrogens (primary N) is 1. The van der Waals surface area contributed by atoms with Gasteiger partial charge in [0.05, 0.1) is 41.6 Å². The number of amides is 4. The summed E-state index contributed by atoms with van der Waals surface area (Å²) in [4.78, 5) is 86.8. The van der Waals surface area contributed by atoms with Crippen molar-refractivity contribution < 1.29 is 62.1 Å². The number of carbonyl (C=O) groups excluding carboxylic acids is 6. The maximum atomic E-state index is 12.8. The number of carbonyl (C=O) groups is 6. The molecule has 54 heavy (non-hydrogen) atoms. The summed E-state index contributed by atoms with van der Waals surface area (Å²) in [6.07, 6.45) is -4.51. The van der Waals surface area contributed by atoms with E-state index in [1.165, 1.54) is 37.4 Å². The Morgan fingerprint density at radius 2 is 0.852 bits per heavy atom. The highest BCUT2D eigenvalue weighted by Crippen LogP contribution is 2.35. The van der Waals surface area contributed by atoms with Gasteiger partial charge in [0.15, 0.2) is 5.69 Å². The van der Waals surface area contributed by atoms with Gasteiger partial charge >= 0.3 is 36.3 Å². The van der Waals surface area contributed by atoms with E-state index in [2.05, 4.69) is 4.74 Å². The van der Waals surface area contributed by atoms with Crippen molar-refractivity contribution in [3.63, 3.8) is 0 Å². The Balaban J connectivity index is 0.000000541. The summed E-state index contributed by atoms with van der Waals surface area (Å²) in [7, 11) is 2.25. The van der Waals surface area contributed by atoms with E-state index < -0.39 is 75.0 Å². The number of rotatable bonds is 5. The van der Waals surface area contributed by atoms with Crippen molar-refractivity contribution in [1.82, 2.24) is 0 Å². The van der Waals surface area contributed by atoms with Crippen molar-refractivity contribution in [3.05, 3.63) is 57.6 Å². The van der Waals surface area contributed by atoms with Crippen LogP contribution in [0, 0.1) is 10.1 Å². The molecule has 0 saturated carbocycles. The molecule has 0 aliphatic heterocycles. The molecule has 0 unspecified atom stereocenters. The van der Waals surface area contributed by atoms with Gasteiger partial charge in [-0.05, 0) is 101 Å². The van der Waals surface area contributed by atoms with Crippen LogP contribution >= 0.6 is 0 Å². The molecule has 0 saturated heterocycles.